The van der Waals surface area contributed by atoms with Crippen molar-refractivity contribution < 1.29 is 14.1 Å². The van der Waals surface area contributed by atoms with Crippen LogP contribution in [0.4, 0.5) is 0 Å². The predicted octanol–water partition coefficient (Wildman–Crippen LogP) is 4.21. The zero-order chi connectivity index (χ0) is 19.2. The van der Waals surface area contributed by atoms with Gasteiger partial charge in [0, 0.05) is 17.6 Å². The summed E-state index contributed by atoms with van der Waals surface area (Å²) in [7, 11) is 1.69. The molecule has 0 aliphatic carbocycles. The van der Waals surface area contributed by atoms with Gasteiger partial charge in [-0.25, -0.2) is 0 Å². The number of hydrogen-bond acceptors (Lipinski definition) is 5. The van der Waals surface area contributed by atoms with Gasteiger partial charge in [0.05, 0.1) is 6.54 Å². The number of benzene rings is 2. The monoisotopic (exact) mass is 385 g/mol. The highest BCUT2D eigenvalue weighted by atomic mass is 35.5. The molecule has 3 aromatic rings. The Hall–Kier alpha value is -2.86. The van der Waals surface area contributed by atoms with Crippen LogP contribution in [0.2, 0.25) is 5.02 Å². The van der Waals surface area contributed by atoms with Crippen LogP contribution in [-0.2, 0) is 11.3 Å². The van der Waals surface area contributed by atoms with E-state index in [0.717, 1.165) is 5.56 Å². The maximum atomic E-state index is 12.7. The highest BCUT2D eigenvalue weighted by Gasteiger charge is 2.24. The van der Waals surface area contributed by atoms with Crippen molar-refractivity contribution in [2.75, 3.05) is 7.05 Å². The molecule has 1 amide bonds. The molecular formula is C20H20ClN3O3. The summed E-state index contributed by atoms with van der Waals surface area (Å²) in [5.41, 5.74) is 0.794. The third-order valence-corrected chi connectivity index (χ3v) is 4.24. The summed E-state index contributed by atoms with van der Waals surface area (Å²) in [5, 5.41) is 4.60. The van der Waals surface area contributed by atoms with Crippen LogP contribution in [0.3, 0.4) is 0 Å². The number of amides is 1. The first-order valence-electron chi connectivity index (χ1n) is 8.62. The van der Waals surface area contributed by atoms with Gasteiger partial charge in [-0.15, -0.1) is 0 Å². The van der Waals surface area contributed by atoms with Crippen molar-refractivity contribution in [3.8, 4) is 17.1 Å². The van der Waals surface area contributed by atoms with Crippen LogP contribution < -0.4 is 4.74 Å². The largest absolute Gasteiger partial charge is 0.481 e. The number of ether oxygens (including phenoxy) is 1. The molecule has 0 radical (unpaired) electrons. The Kier molecular flexibility index (Phi) is 6.08. The zero-order valence-corrected chi connectivity index (χ0v) is 15.9. The molecule has 1 aromatic heterocycles. The summed E-state index contributed by atoms with van der Waals surface area (Å²) < 4.78 is 11.1. The van der Waals surface area contributed by atoms with E-state index in [1.807, 2.05) is 49.4 Å². The second-order valence-electron chi connectivity index (χ2n) is 6.04. The maximum Gasteiger partial charge on any atom is 0.263 e. The summed E-state index contributed by atoms with van der Waals surface area (Å²) in [6.45, 7) is 2.11. The fourth-order valence-corrected chi connectivity index (χ4v) is 2.66. The first-order chi connectivity index (χ1) is 13.1. The number of aromatic nitrogens is 2. The van der Waals surface area contributed by atoms with E-state index in [-0.39, 0.29) is 12.5 Å². The van der Waals surface area contributed by atoms with Gasteiger partial charge < -0.3 is 14.2 Å². The van der Waals surface area contributed by atoms with Crippen molar-refractivity contribution in [1.82, 2.24) is 15.0 Å². The molecule has 0 bridgehead atoms. The normalized spacial score (nSPS) is 11.8. The van der Waals surface area contributed by atoms with Gasteiger partial charge in [0.15, 0.2) is 6.10 Å². The molecule has 1 atom stereocenters. The van der Waals surface area contributed by atoms with Gasteiger partial charge >= 0.3 is 0 Å². The SMILES string of the molecule is CC[C@H](Oc1ccccc1)C(=O)N(C)Cc1nc(-c2ccc(Cl)cc2)no1. The average molecular weight is 386 g/mol. The molecule has 7 heteroatoms. The van der Waals surface area contributed by atoms with Crippen molar-refractivity contribution in [2.45, 2.75) is 26.0 Å². The summed E-state index contributed by atoms with van der Waals surface area (Å²) in [4.78, 5) is 18.6. The van der Waals surface area contributed by atoms with E-state index in [9.17, 15) is 4.79 Å². The maximum absolute atomic E-state index is 12.7. The second kappa shape index (κ2) is 8.68. The third-order valence-electron chi connectivity index (χ3n) is 3.99. The Balaban J connectivity index is 1.64. The number of carbonyl (C=O) groups is 1. The summed E-state index contributed by atoms with van der Waals surface area (Å²) in [6.07, 6.45) is -0.0196. The Morgan fingerprint density at radius 1 is 1.19 bits per heavy atom. The highest BCUT2D eigenvalue weighted by Crippen LogP contribution is 2.19. The number of halogens is 1. The van der Waals surface area contributed by atoms with Crippen molar-refractivity contribution in [3.05, 3.63) is 65.5 Å². The minimum atomic E-state index is -0.573. The summed E-state index contributed by atoms with van der Waals surface area (Å²) in [5.74, 6) is 1.32. The van der Waals surface area contributed by atoms with Crippen molar-refractivity contribution in [2.24, 2.45) is 0 Å². The van der Waals surface area contributed by atoms with Crippen LogP contribution in [0.5, 0.6) is 5.75 Å². The second-order valence-corrected chi connectivity index (χ2v) is 6.48. The van der Waals surface area contributed by atoms with E-state index in [0.29, 0.717) is 28.9 Å². The molecule has 3 rings (SSSR count). The highest BCUT2D eigenvalue weighted by molar-refractivity contribution is 6.30. The minimum absolute atomic E-state index is 0.146. The van der Waals surface area contributed by atoms with Crippen molar-refractivity contribution in [3.63, 3.8) is 0 Å². The van der Waals surface area contributed by atoms with Gasteiger partial charge in [0.1, 0.15) is 5.75 Å². The average Bonchev–Trinajstić information content (AvgIpc) is 3.15. The van der Waals surface area contributed by atoms with Crippen LogP contribution >= 0.6 is 11.6 Å². The van der Waals surface area contributed by atoms with Gasteiger partial charge in [-0.1, -0.05) is 41.9 Å². The molecule has 140 valence electrons. The van der Waals surface area contributed by atoms with E-state index >= 15 is 0 Å². The number of hydrogen-bond donors (Lipinski definition) is 0. The smallest absolute Gasteiger partial charge is 0.263 e. The standard InChI is InChI=1S/C20H20ClN3O3/c1-3-17(26-16-7-5-4-6-8-16)20(25)24(2)13-18-22-19(23-27-18)14-9-11-15(21)12-10-14/h4-12,17H,3,13H2,1-2H3/t17-/m0/s1. The van der Waals surface area contributed by atoms with Gasteiger partial charge in [0.25, 0.3) is 5.91 Å². The molecule has 0 N–H and O–H groups in total. The number of carbonyl (C=O) groups excluding carboxylic acids is 1. The number of para-hydroxylation sites is 1. The van der Waals surface area contributed by atoms with E-state index < -0.39 is 6.10 Å². The molecular weight excluding hydrogens is 366 g/mol. The van der Waals surface area contributed by atoms with E-state index in [1.165, 1.54) is 4.90 Å². The topological polar surface area (TPSA) is 68.5 Å². The first kappa shape index (κ1) is 18.9. The molecule has 0 spiro atoms. The molecule has 0 fully saturated rings. The third kappa shape index (κ3) is 4.86. The lowest BCUT2D eigenvalue weighted by Crippen LogP contribution is -2.39. The Morgan fingerprint density at radius 2 is 1.89 bits per heavy atom. The van der Waals surface area contributed by atoms with Crippen molar-refractivity contribution in [1.29, 1.82) is 0 Å². The summed E-state index contributed by atoms with van der Waals surface area (Å²) >= 11 is 5.89. The number of nitrogens with zero attached hydrogens (tertiary/aromatic N) is 3. The lowest BCUT2D eigenvalue weighted by atomic mass is 10.2. The Morgan fingerprint density at radius 3 is 2.56 bits per heavy atom. The van der Waals surface area contributed by atoms with Gasteiger partial charge in [-0.05, 0) is 42.8 Å². The molecule has 0 aliphatic rings. The zero-order valence-electron chi connectivity index (χ0n) is 15.1. The molecule has 1 heterocycles. The lowest BCUT2D eigenvalue weighted by molar-refractivity contribution is -0.138. The molecule has 0 aliphatic heterocycles. The Labute approximate surface area is 162 Å². The van der Waals surface area contributed by atoms with E-state index in [2.05, 4.69) is 10.1 Å². The molecule has 2 aromatic carbocycles. The van der Waals surface area contributed by atoms with Gasteiger partial charge in [0.2, 0.25) is 11.7 Å². The number of likely N-dealkylation sites (N-methyl/N-ethyl adjacent to an activating group) is 1. The van der Waals surface area contributed by atoms with E-state index in [1.54, 1.807) is 19.2 Å². The van der Waals surface area contributed by atoms with E-state index in [4.69, 9.17) is 20.9 Å². The van der Waals surface area contributed by atoms with Gasteiger partial charge in [-0.3, -0.25) is 4.79 Å². The minimum Gasteiger partial charge on any atom is -0.481 e. The fourth-order valence-electron chi connectivity index (χ4n) is 2.53. The molecule has 0 saturated heterocycles. The molecule has 0 saturated carbocycles. The lowest BCUT2D eigenvalue weighted by Gasteiger charge is -2.22. The van der Waals surface area contributed by atoms with Crippen LogP contribution in [0.25, 0.3) is 11.4 Å². The first-order valence-corrected chi connectivity index (χ1v) is 9.00. The van der Waals surface area contributed by atoms with Crippen LogP contribution in [0, 0.1) is 0 Å². The van der Waals surface area contributed by atoms with Crippen LogP contribution in [0.15, 0.2) is 59.1 Å². The molecule has 0 unspecified atom stereocenters. The quantitative estimate of drug-likeness (QED) is 0.609. The van der Waals surface area contributed by atoms with Gasteiger partial charge in [-0.2, -0.15) is 4.98 Å². The Bertz CT molecular complexity index is 881. The molecule has 6 nitrogen and oxygen atoms in total. The molecule has 27 heavy (non-hydrogen) atoms. The summed E-state index contributed by atoms with van der Waals surface area (Å²) in [6, 6.07) is 16.4. The van der Waals surface area contributed by atoms with Crippen LogP contribution in [0.1, 0.15) is 19.2 Å². The number of rotatable bonds is 7. The van der Waals surface area contributed by atoms with Crippen molar-refractivity contribution >= 4 is 17.5 Å². The fraction of sp³-hybridized carbons (Fsp3) is 0.250. The van der Waals surface area contributed by atoms with Crippen LogP contribution in [-0.4, -0.2) is 34.1 Å². The predicted molar refractivity (Wildman–Crippen MR) is 102 cm³/mol.